The fraction of sp³-hybridized carbons (Fsp3) is 0.111. The van der Waals surface area contributed by atoms with Crippen molar-refractivity contribution in [1.29, 1.82) is 0 Å². The Morgan fingerprint density at radius 3 is 3.00 bits per heavy atom. The van der Waals surface area contributed by atoms with Gasteiger partial charge in [-0.1, -0.05) is 0 Å². The molecule has 0 aliphatic carbocycles. The molecule has 0 saturated carbocycles. The van der Waals surface area contributed by atoms with E-state index in [2.05, 4.69) is 20.9 Å². The first-order valence-corrected chi connectivity index (χ1v) is 5.75. The van der Waals surface area contributed by atoms with Gasteiger partial charge < -0.3 is 9.67 Å². The molecule has 15 heavy (non-hydrogen) atoms. The number of carboxylic acid groups (broad SMARTS) is 1. The van der Waals surface area contributed by atoms with E-state index in [0.717, 1.165) is 14.4 Å². The van der Waals surface area contributed by atoms with E-state index in [1.165, 1.54) is 6.33 Å². The van der Waals surface area contributed by atoms with Gasteiger partial charge in [0.1, 0.15) is 6.54 Å². The first-order valence-electron chi connectivity index (χ1n) is 4.14. The van der Waals surface area contributed by atoms with Gasteiger partial charge in [0.2, 0.25) is 0 Å². The van der Waals surface area contributed by atoms with Crippen LogP contribution in [0.25, 0.3) is 10.6 Å². The van der Waals surface area contributed by atoms with Crippen molar-refractivity contribution in [3.05, 3.63) is 28.4 Å². The molecule has 1 N–H and O–H groups in total. The molecule has 0 amide bonds. The summed E-state index contributed by atoms with van der Waals surface area (Å²) in [5.74, 6) is -0.869. The Morgan fingerprint density at radius 1 is 1.60 bits per heavy atom. The predicted molar refractivity (Wildman–Crippen MR) is 60.9 cm³/mol. The van der Waals surface area contributed by atoms with Crippen LogP contribution >= 0.6 is 27.3 Å². The van der Waals surface area contributed by atoms with Gasteiger partial charge in [-0.25, -0.2) is 4.98 Å². The number of hydrogen-bond donors (Lipinski definition) is 1. The number of carbonyl (C=O) groups is 1. The summed E-state index contributed by atoms with van der Waals surface area (Å²) in [5.41, 5.74) is 0.798. The van der Waals surface area contributed by atoms with Gasteiger partial charge in [-0.3, -0.25) is 4.79 Å². The van der Waals surface area contributed by atoms with Crippen molar-refractivity contribution in [2.24, 2.45) is 0 Å². The highest BCUT2D eigenvalue weighted by Crippen LogP contribution is 2.29. The van der Waals surface area contributed by atoms with E-state index in [1.807, 2.05) is 12.1 Å². The number of carboxylic acids is 1. The largest absolute Gasteiger partial charge is 0.480 e. The Morgan fingerprint density at radius 2 is 2.40 bits per heavy atom. The molecule has 78 valence electrons. The maximum absolute atomic E-state index is 10.5. The molecule has 0 radical (unpaired) electrons. The number of halogens is 1. The SMILES string of the molecule is O=C(O)Cn1cnc(-c2ccc(Br)s2)c1. The number of rotatable bonds is 3. The van der Waals surface area contributed by atoms with E-state index in [-0.39, 0.29) is 6.54 Å². The normalized spacial score (nSPS) is 10.5. The van der Waals surface area contributed by atoms with Crippen LogP contribution in [0, 0.1) is 0 Å². The summed E-state index contributed by atoms with van der Waals surface area (Å²) >= 11 is 4.93. The average Bonchev–Trinajstić information content (AvgIpc) is 2.72. The topological polar surface area (TPSA) is 55.1 Å². The summed E-state index contributed by atoms with van der Waals surface area (Å²) < 4.78 is 2.58. The standard InChI is InChI=1S/C9H7BrN2O2S/c10-8-2-1-7(15-8)6-3-12(5-11-6)4-9(13)14/h1-3,5H,4H2,(H,13,14). The van der Waals surface area contributed by atoms with E-state index in [0.29, 0.717) is 0 Å². The van der Waals surface area contributed by atoms with Crippen LogP contribution < -0.4 is 0 Å². The zero-order chi connectivity index (χ0) is 10.8. The molecule has 6 heteroatoms. The number of aliphatic carboxylic acids is 1. The number of nitrogens with zero attached hydrogens (tertiary/aromatic N) is 2. The molecule has 0 aliphatic rings. The molecular formula is C9H7BrN2O2S. The maximum Gasteiger partial charge on any atom is 0.323 e. The molecule has 0 atom stereocenters. The van der Waals surface area contributed by atoms with Gasteiger partial charge >= 0.3 is 5.97 Å². The smallest absolute Gasteiger partial charge is 0.323 e. The Bertz CT molecular complexity index is 492. The van der Waals surface area contributed by atoms with Crippen LogP contribution in [0.5, 0.6) is 0 Å². The molecule has 4 nitrogen and oxygen atoms in total. The lowest BCUT2D eigenvalue weighted by atomic mass is 10.4. The van der Waals surface area contributed by atoms with Crippen LogP contribution in [0.3, 0.4) is 0 Å². The molecule has 2 aromatic rings. The second-order valence-corrected chi connectivity index (χ2v) is 5.39. The van der Waals surface area contributed by atoms with Gasteiger partial charge in [-0.05, 0) is 28.1 Å². The fourth-order valence-electron chi connectivity index (χ4n) is 1.18. The second kappa shape index (κ2) is 4.16. The molecular weight excluding hydrogens is 280 g/mol. The van der Waals surface area contributed by atoms with Gasteiger partial charge in [0.15, 0.2) is 0 Å². The Balaban J connectivity index is 2.23. The van der Waals surface area contributed by atoms with Gasteiger partial charge in [0, 0.05) is 6.20 Å². The van der Waals surface area contributed by atoms with Crippen molar-refractivity contribution in [2.75, 3.05) is 0 Å². The van der Waals surface area contributed by atoms with Crippen molar-refractivity contribution >= 4 is 33.2 Å². The predicted octanol–water partition coefficient (Wildman–Crippen LogP) is 2.46. The number of hydrogen-bond acceptors (Lipinski definition) is 3. The first-order chi connectivity index (χ1) is 7.15. The third-order valence-electron chi connectivity index (χ3n) is 1.78. The molecule has 0 aliphatic heterocycles. The van der Waals surface area contributed by atoms with E-state index in [4.69, 9.17) is 5.11 Å². The van der Waals surface area contributed by atoms with Gasteiger partial charge in [-0.15, -0.1) is 11.3 Å². The van der Waals surface area contributed by atoms with E-state index < -0.39 is 5.97 Å². The molecule has 0 unspecified atom stereocenters. The zero-order valence-corrected chi connectivity index (χ0v) is 9.96. The summed E-state index contributed by atoms with van der Waals surface area (Å²) in [7, 11) is 0. The van der Waals surface area contributed by atoms with Crippen LogP contribution in [0.4, 0.5) is 0 Å². The summed E-state index contributed by atoms with van der Waals surface area (Å²) in [6, 6.07) is 3.89. The summed E-state index contributed by atoms with van der Waals surface area (Å²) in [5, 5.41) is 8.60. The van der Waals surface area contributed by atoms with Crippen molar-refractivity contribution in [1.82, 2.24) is 9.55 Å². The average molecular weight is 287 g/mol. The number of imidazole rings is 1. The lowest BCUT2D eigenvalue weighted by molar-refractivity contribution is -0.137. The van der Waals surface area contributed by atoms with Crippen molar-refractivity contribution < 1.29 is 9.90 Å². The van der Waals surface area contributed by atoms with Crippen LogP contribution in [-0.4, -0.2) is 20.6 Å². The first kappa shape index (κ1) is 10.4. The van der Waals surface area contributed by atoms with E-state index in [1.54, 1.807) is 22.1 Å². The minimum Gasteiger partial charge on any atom is -0.480 e. The molecule has 0 fully saturated rings. The summed E-state index contributed by atoms with van der Waals surface area (Å²) in [6.45, 7) is -0.0560. The molecule has 0 aromatic carbocycles. The van der Waals surface area contributed by atoms with Crippen molar-refractivity contribution in [3.63, 3.8) is 0 Å². The third kappa shape index (κ3) is 2.45. The van der Waals surface area contributed by atoms with Crippen molar-refractivity contribution in [3.8, 4) is 10.6 Å². The Kier molecular flexibility index (Phi) is 2.88. The number of thiophene rings is 1. The maximum atomic E-state index is 10.5. The van der Waals surface area contributed by atoms with Crippen molar-refractivity contribution in [2.45, 2.75) is 6.54 Å². The molecule has 0 spiro atoms. The minimum absolute atomic E-state index is 0.0560. The van der Waals surface area contributed by atoms with Crippen LogP contribution in [0.2, 0.25) is 0 Å². The molecule has 2 rings (SSSR count). The molecule has 0 bridgehead atoms. The lowest BCUT2D eigenvalue weighted by Gasteiger charge is -1.93. The number of aromatic nitrogens is 2. The second-order valence-electron chi connectivity index (χ2n) is 2.93. The highest BCUT2D eigenvalue weighted by atomic mass is 79.9. The quantitative estimate of drug-likeness (QED) is 0.943. The highest BCUT2D eigenvalue weighted by Gasteiger charge is 2.06. The molecule has 0 saturated heterocycles. The van der Waals surface area contributed by atoms with Gasteiger partial charge in [0.05, 0.1) is 20.7 Å². The van der Waals surface area contributed by atoms with Crippen LogP contribution in [-0.2, 0) is 11.3 Å². The minimum atomic E-state index is -0.869. The highest BCUT2D eigenvalue weighted by molar-refractivity contribution is 9.11. The third-order valence-corrected chi connectivity index (χ3v) is 3.42. The lowest BCUT2D eigenvalue weighted by Crippen LogP contribution is -2.06. The van der Waals surface area contributed by atoms with E-state index in [9.17, 15) is 4.79 Å². The molecule has 2 heterocycles. The monoisotopic (exact) mass is 286 g/mol. The van der Waals surface area contributed by atoms with E-state index >= 15 is 0 Å². The zero-order valence-electron chi connectivity index (χ0n) is 7.55. The molecule has 2 aromatic heterocycles. The Labute approximate surface area is 98.3 Å². The van der Waals surface area contributed by atoms with Crippen LogP contribution in [0.15, 0.2) is 28.4 Å². The van der Waals surface area contributed by atoms with Gasteiger partial charge in [-0.2, -0.15) is 0 Å². The van der Waals surface area contributed by atoms with Crippen LogP contribution in [0.1, 0.15) is 0 Å². The Hall–Kier alpha value is -1.14. The fourth-order valence-corrected chi connectivity index (χ4v) is 2.53. The summed E-state index contributed by atoms with van der Waals surface area (Å²) in [4.78, 5) is 15.6. The summed E-state index contributed by atoms with van der Waals surface area (Å²) in [6.07, 6.45) is 3.25. The van der Waals surface area contributed by atoms with Gasteiger partial charge in [0.25, 0.3) is 0 Å².